The van der Waals surface area contributed by atoms with E-state index in [0.29, 0.717) is 5.56 Å². The first kappa shape index (κ1) is 15.4. The minimum Gasteiger partial charge on any atom is -0.293 e. The van der Waals surface area contributed by atoms with Crippen LogP contribution in [0.5, 0.6) is 0 Å². The van der Waals surface area contributed by atoms with Gasteiger partial charge in [-0.25, -0.2) is 12.7 Å². The number of ketones is 1. The van der Waals surface area contributed by atoms with Gasteiger partial charge in [-0.2, -0.15) is 0 Å². The van der Waals surface area contributed by atoms with Gasteiger partial charge in [0, 0.05) is 19.2 Å². The first-order valence-electron chi connectivity index (χ1n) is 6.55. The molecular formula is C16H17NO3S. The Hall–Kier alpha value is -1.98. The molecule has 0 atom stereocenters. The van der Waals surface area contributed by atoms with Gasteiger partial charge in [-0.05, 0) is 5.56 Å². The summed E-state index contributed by atoms with van der Waals surface area (Å²) in [6.07, 6.45) is 0. The van der Waals surface area contributed by atoms with Crippen LogP contribution in [0.2, 0.25) is 0 Å². The van der Waals surface area contributed by atoms with E-state index in [1.165, 1.54) is 11.4 Å². The summed E-state index contributed by atoms with van der Waals surface area (Å²) in [4.78, 5) is 12.0. The highest BCUT2D eigenvalue weighted by atomic mass is 32.2. The van der Waals surface area contributed by atoms with Crippen molar-refractivity contribution in [2.75, 3.05) is 12.8 Å². The predicted octanol–water partition coefficient (Wildman–Crippen LogP) is 2.33. The molecule has 5 heteroatoms. The molecular weight excluding hydrogens is 286 g/mol. The Morgan fingerprint density at radius 1 is 0.952 bits per heavy atom. The van der Waals surface area contributed by atoms with Crippen LogP contribution < -0.4 is 0 Å². The van der Waals surface area contributed by atoms with Crippen molar-refractivity contribution in [2.24, 2.45) is 0 Å². The third-order valence-corrected chi connectivity index (χ3v) is 4.84. The second-order valence-corrected chi connectivity index (χ2v) is 6.86. The van der Waals surface area contributed by atoms with E-state index in [0.717, 1.165) is 5.56 Å². The number of hydrogen-bond acceptors (Lipinski definition) is 3. The summed E-state index contributed by atoms with van der Waals surface area (Å²) in [6.45, 7) is 0.255. The van der Waals surface area contributed by atoms with Gasteiger partial charge in [-0.15, -0.1) is 0 Å². The molecule has 0 spiro atoms. The molecule has 2 aromatic rings. The maximum absolute atomic E-state index is 12.2. The number of sulfonamides is 1. The fraction of sp³-hybridized carbons (Fsp3) is 0.188. The summed E-state index contributed by atoms with van der Waals surface area (Å²) in [7, 11) is -2.14. The molecule has 0 aliphatic rings. The lowest BCUT2D eigenvalue weighted by Crippen LogP contribution is -2.32. The number of benzene rings is 2. The molecule has 0 fully saturated rings. The number of Topliss-reactive ketones (excluding diaryl/α,β-unsaturated/α-hetero) is 1. The second kappa shape index (κ2) is 6.65. The van der Waals surface area contributed by atoms with E-state index in [1.54, 1.807) is 30.3 Å². The van der Waals surface area contributed by atoms with Gasteiger partial charge < -0.3 is 0 Å². The first-order chi connectivity index (χ1) is 9.99. The zero-order valence-electron chi connectivity index (χ0n) is 11.8. The smallest absolute Gasteiger partial charge is 0.221 e. The molecule has 0 aromatic heterocycles. The molecule has 0 heterocycles. The molecule has 0 radical (unpaired) electrons. The normalized spacial score (nSPS) is 11.5. The minimum atomic E-state index is -3.62. The van der Waals surface area contributed by atoms with Crippen LogP contribution >= 0.6 is 0 Å². The lowest BCUT2D eigenvalue weighted by atomic mass is 10.2. The molecule has 0 N–H and O–H groups in total. The largest absolute Gasteiger partial charge is 0.293 e. The highest BCUT2D eigenvalue weighted by Gasteiger charge is 2.22. The van der Waals surface area contributed by atoms with Crippen molar-refractivity contribution in [1.82, 2.24) is 4.31 Å². The average molecular weight is 303 g/mol. The monoisotopic (exact) mass is 303 g/mol. The third kappa shape index (κ3) is 4.24. The Morgan fingerprint density at radius 2 is 1.48 bits per heavy atom. The molecule has 2 rings (SSSR count). The van der Waals surface area contributed by atoms with E-state index in [9.17, 15) is 13.2 Å². The average Bonchev–Trinajstić information content (AvgIpc) is 2.48. The summed E-state index contributed by atoms with van der Waals surface area (Å²) >= 11 is 0. The maximum Gasteiger partial charge on any atom is 0.221 e. The summed E-state index contributed by atoms with van der Waals surface area (Å²) < 4.78 is 25.7. The molecule has 0 bridgehead atoms. The van der Waals surface area contributed by atoms with Gasteiger partial charge in [0.2, 0.25) is 10.0 Å². The number of carbonyl (C=O) groups is 1. The predicted molar refractivity (Wildman–Crippen MR) is 82.5 cm³/mol. The van der Waals surface area contributed by atoms with E-state index in [1.807, 2.05) is 30.3 Å². The molecule has 0 aliphatic heterocycles. The van der Waals surface area contributed by atoms with Gasteiger partial charge in [0.05, 0.1) is 0 Å². The summed E-state index contributed by atoms with van der Waals surface area (Å²) in [5.41, 5.74) is 1.30. The van der Waals surface area contributed by atoms with Crippen LogP contribution in [0.3, 0.4) is 0 Å². The Bertz CT molecular complexity index is 697. The van der Waals surface area contributed by atoms with E-state index in [4.69, 9.17) is 0 Å². The van der Waals surface area contributed by atoms with Crippen molar-refractivity contribution in [1.29, 1.82) is 0 Å². The molecule has 0 amide bonds. The third-order valence-electron chi connectivity index (χ3n) is 3.13. The Kier molecular flexibility index (Phi) is 4.88. The summed E-state index contributed by atoms with van der Waals surface area (Å²) in [5, 5.41) is 0. The molecule has 21 heavy (non-hydrogen) atoms. The van der Waals surface area contributed by atoms with Crippen LogP contribution in [0.15, 0.2) is 60.7 Å². The summed E-state index contributed by atoms with van der Waals surface area (Å²) in [6, 6.07) is 17.7. The topological polar surface area (TPSA) is 54.5 Å². The van der Waals surface area contributed by atoms with E-state index < -0.39 is 21.6 Å². The van der Waals surface area contributed by atoms with E-state index >= 15 is 0 Å². The van der Waals surface area contributed by atoms with Crippen LogP contribution in [0.4, 0.5) is 0 Å². The number of carbonyl (C=O) groups excluding carboxylic acids is 1. The van der Waals surface area contributed by atoms with Crippen LogP contribution in [0.1, 0.15) is 15.9 Å². The zero-order valence-corrected chi connectivity index (χ0v) is 12.6. The molecule has 0 aliphatic carbocycles. The number of nitrogens with zero attached hydrogens (tertiary/aromatic N) is 1. The van der Waals surface area contributed by atoms with Crippen molar-refractivity contribution in [3.05, 3.63) is 71.8 Å². The molecule has 0 saturated heterocycles. The fourth-order valence-corrected chi connectivity index (χ4v) is 2.99. The highest BCUT2D eigenvalue weighted by Crippen LogP contribution is 2.10. The van der Waals surface area contributed by atoms with Gasteiger partial charge in [-0.1, -0.05) is 60.7 Å². The molecule has 0 saturated carbocycles. The first-order valence-corrected chi connectivity index (χ1v) is 8.16. The molecule has 4 nitrogen and oxygen atoms in total. The molecule has 0 unspecified atom stereocenters. The number of rotatable bonds is 6. The zero-order chi connectivity index (χ0) is 15.3. The van der Waals surface area contributed by atoms with Crippen LogP contribution in [-0.2, 0) is 16.6 Å². The fourth-order valence-electron chi connectivity index (χ4n) is 1.92. The second-order valence-electron chi connectivity index (χ2n) is 4.79. The van der Waals surface area contributed by atoms with Crippen LogP contribution in [-0.4, -0.2) is 31.3 Å². The van der Waals surface area contributed by atoms with Crippen molar-refractivity contribution < 1.29 is 13.2 Å². The standard InChI is InChI=1S/C16H17NO3S/c1-17(12-14-8-4-2-5-9-14)21(19,20)13-16(18)15-10-6-3-7-11-15/h2-11H,12-13H2,1H3. The van der Waals surface area contributed by atoms with E-state index in [2.05, 4.69) is 0 Å². The minimum absolute atomic E-state index is 0.255. The lowest BCUT2D eigenvalue weighted by Gasteiger charge is -2.16. The quantitative estimate of drug-likeness (QED) is 0.770. The Morgan fingerprint density at radius 3 is 2.05 bits per heavy atom. The van der Waals surface area contributed by atoms with Crippen molar-refractivity contribution in [2.45, 2.75) is 6.54 Å². The van der Waals surface area contributed by atoms with Gasteiger partial charge in [0.15, 0.2) is 5.78 Å². The maximum atomic E-state index is 12.2. The van der Waals surface area contributed by atoms with Crippen molar-refractivity contribution >= 4 is 15.8 Å². The van der Waals surface area contributed by atoms with Gasteiger partial charge in [-0.3, -0.25) is 4.79 Å². The van der Waals surface area contributed by atoms with Crippen molar-refractivity contribution in [3.63, 3.8) is 0 Å². The van der Waals surface area contributed by atoms with Crippen LogP contribution in [0.25, 0.3) is 0 Å². The SMILES string of the molecule is CN(Cc1ccccc1)S(=O)(=O)CC(=O)c1ccccc1. The Balaban J connectivity index is 2.06. The Labute approximate surface area is 125 Å². The number of hydrogen-bond donors (Lipinski definition) is 0. The molecule has 2 aromatic carbocycles. The van der Waals surface area contributed by atoms with Crippen molar-refractivity contribution in [3.8, 4) is 0 Å². The van der Waals surface area contributed by atoms with Gasteiger partial charge in [0.25, 0.3) is 0 Å². The van der Waals surface area contributed by atoms with Gasteiger partial charge >= 0.3 is 0 Å². The highest BCUT2D eigenvalue weighted by molar-refractivity contribution is 7.89. The van der Waals surface area contributed by atoms with E-state index in [-0.39, 0.29) is 6.54 Å². The van der Waals surface area contributed by atoms with Crippen LogP contribution in [0, 0.1) is 0 Å². The van der Waals surface area contributed by atoms with Gasteiger partial charge in [0.1, 0.15) is 5.75 Å². The molecule has 110 valence electrons. The lowest BCUT2D eigenvalue weighted by molar-refractivity contribution is 0.101. The summed E-state index contributed by atoms with van der Waals surface area (Å²) in [5.74, 6) is -0.907.